The van der Waals surface area contributed by atoms with E-state index in [0.29, 0.717) is 5.76 Å². The fraction of sp³-hybridized carbons (Fsp3) is 0. The molecule has 4 nitrogen and oxygen atoms in total. The summed E-state index contributed by atoms with van der Waals surface area (Å²) in [6.45, 7) is 0. The minimum Gasteiger partial charge on any atom is -0.428 e. The Kier molecular flexibility index (Phi) is 1.77. The van der Waals surface area contributed by atoms with Gasteiger partial charge in [-0.2, -0.15) is 5.26 Å². The van der Waals surface area contributed by atoms with E-state index in [1.165, 1.54) is 6.20 Å². The molecule has 0 aromatic carbocycles. The van der Waals surface area contributed by atoms with E-state index in [4.69, 9.17) is 9.68 Å². The van der Waals surface area contributed by atoms with Crippen LogP contribution in [0.5, 0.6) is 0 Å². The maximum absolute atomic E-state index is 8.48. The van der Waals surface area contributed by atoms with Crippen molar-refractivity contribution >= 4 is 0 Å². The van der Waals surface area contributed by atoms with E-state index in [2.05, 4.69) is 9.97 Å². The third-order valence-electron chi connectivity index (χ3n) is 1.55. The molecule has 0 spiro atoms. The average Bonchev–Trinajstić information content (AvgIpc) is 2.67. The Morgan fingerprint density at radius 2 is 2.31 bits per heavy atom. The Morgan fingerprint density at radius 3 is 2.92 bits per heavy atom. The highest BCUT2D eigenvalue weighted by atomic mass is 16.4. The fourth-order valence-corrected chi connectivity index (χ4v) is 0.968. The second-order valence-corrected chi connectivity index (χ2v) is 2.38. The van der Waals surface area contributed by atoms with E-state index in [9.17, 15) is 0 Å². The molecular formula is C9H5N3O. The first-order valence-electron chi connectivity index (χ1n) is 3.66. The number of nitriles is 1. The number of rotatable bonds is 1. The molecule has 2 aromatic heterocycles. The molecule has 4 heteroatoms. The van der Waals surface area contributed by atoms with E-state index in [-0.39, 0.29) is 5.89 Å². The van der Waals surface area contributed by atoms with Crippen LogP contribution >= 0.6 is 0 Å². The fourth-order valence-electron chi connectivity index (χ4n) is 0.968. The lowest BCUT2D eigenvalue weighted by atomic mass is 10.2. The van der Waals surface area contributed by atoms with Gasteiger partial charge < -0.3 is 4.42 Å². The molecule has 0 unspecified atom stereocenters. The van der Waals surface area contributed by atoms with Crippen LogP contribution in [0.25, 0.3) is 11.3 Å². The Balaban J connectivity index is 2.43. The van der Waals surface area contributed by atoms with Gasteiger partial charge in [-0.25, -0.2) is 4.98 Å². The molecule has 13 heavy (non-hydrogen) atoms. The normalized spacial score (nSPS) is 9.46. The van der Waals surface area contributed by atoms with Gasteiger partial charge in [-0.1, -0.05) is 0 Å². The van der Waals surface area contributed by atoms with Crippen molar-refractivity contribution in [1.29, 1.82) is 5.26 Å². The molecule has 2 aromatic rings. The topological polar surface area (TPSA) is 62.7 Å². The largest absolute Gasteiger partial charge is 0.428 e. The summed E-state index contributed by atoms with van der Waals surface area (Å²) in [6.07, 6.45) is 4.84. The van der Waals surface area contributed by atoms with Crippen LogP contribution < -0.4 is 0 Å². The summed E-state index contributed by atoms with van der Waals surface area (Å²) < 4.78 is 5.11. The predicted octanol–water partition coefficient (Wildman–Crippen LogP) is 1.61. The second kappa shape index (κ2) is 3.07. The van der Waals surface area contributed by atoms with E-state index >= 15 is 0 Å². The molecule has 0 aliphatic carbocycles. The van der Waals surface area contributed by atoms with Gasteiger partial charge in [0, 0.05) is 18.0 Å². The predicted molar refractivity (Wildman–Crippen MR) is 44.4 cm³/mol. The lowest BCUT2D eigenvalue weighted by molar-refractivity contribution is 0.555. The lowest BCUT2D eigenvalue weighted by Gasteiger charge is -1.91. The van der Waals surface area contributed by atoms with Crippen molar-refractivity contribution < 1.29 is 4.42 Å². The highest BCUT2D eigenvalue weighted by Gasteiger charge is 2.04. The molecule has 62 valence electrons. The SMILES string of the molecule is N#Cc1ncc(-c2cccnc2)o1. The molecule has 0 atom stereocenters. The molecule has 0 bridgehead atoms. The molecule has 2 heterocycles. The standard InChI is InChI=1S/C9H5N3O/c10-4-9-12-6-8(13-9)7-2-1-3-11-5-7/h1-3,5-6H. The third-order valence-corrected chi connectivity index (χ3v) is 1.55. The smallest absolute Gasteiger partial charge is 0.301 e. The van der Waals surface area contributed by atoms with Crippen LogP contribution in [-0.4, -0.2) is 9.97 Å². The van der Waals surface area contributed by atoms with Crippen LogP contribution in [-0.2, 0) is 0 Å². The van der Waals surface area contributed by atoms with E-state index in [1.54, 1.807) is 18.5 Å². The van der Waals surface area contributed by atoms with Gasteiger partial charge in [0.15, 0.2) is 11.8 Å². The van der Waals surface area contributed by atoms with Gasteiger partial charge in [0.2, 0.25) is 0 Å². The van der Waals surface area contributed by atoms with Crippen molar-refractivity contribution in [3.63, 3.8) is 0 Å². The lowest BCUT2D eigenvalue weighted by Crippen LogP contribution is -1.74. The summed E-state index contributed by atoms with van der Waals surface area (Å²) in [6, 6.07) is 5.46. The van der Waals surface area contributed by atoms with Crippen molar-refractivity contribution in [3.8, 4) is 17.4 Å². The van der Waals surface area contributed by atoms with Crippen molar-refractivity contribution in [1.82, 2.24) is 9.97 Å². The molecule has 0 saturated carbocycles. The minimum absolute atomic E-state index is 0.0684. The second-order valence-electron chi connectivity index (χ2n) is 2.38. The molecular weight excluding hydrogens is 166 g/mol. The van der Waals surface area contributed by atoms with Crippen LogP contribution in [0, 0.1) is 11.3 Å². The molecule has 0 fully saturated rings. The third kappa shape index (κ3) is 1.40. The van der Waals surface area contributed by atoms with Crippen LogP contribution in [0.2, 0.25) is 0 Å². The average molecular weight is 171 g/mol. The van der Waals surface area contributed by atoms with Gasteiger partial charge in [-0.3, -0.25) is 4.98 Å². The van der Waals surface area contributed by atoms with Crippen molar-refractivity contribution in [2.24, 2.45) is 0 Å². The van der Waals surface area contributed by atoms with Gasteiger partial charge in [0.25, 0.3) is 0 Å². The summed E-state index contributed by atoms with van der Waals surface area (Å²) in [4.78, 5) is 7.68. The van der Waals surface area contributed by atoms with E-state index in [0.717, 1.165) is 5.56 Å². The molecule has 0 aliphatic rings. The van der Waals surface area contributed by atoms with Gasteiger partial charge in [0.05, 0.1) is 6.20 Å². The van der Waals surface area contributed by atoms with Gasteiger partial charge in [-0.05, 0) is 12.1 Å². The zero-order valence-electron chi connectivity index (χ0n) is 6.64. The first-order chi connectivity index (χ1) is 6.40. The maximum atomic E-state index is 8.48. The van der Waals surface area contributed by atoms with Gasteiger partial charge in [0.1, 0.15) is 0 Å². The number of pyridine rings is 1. The number of hydrogen-bond acceptors (Lipinski definition) is 4. The van der Waals surface area contributed by atoms with Crippen molar-refractivity contribution in [2.45, 2.75) is 0 Å². The van der Waals surface area contributed by atoms with Gasteiger partial charge >= 0.3 is 5.89 Å². The van der Waals surface area contributed by atoms with Gasteiger partial charge in [-0.15, -0.1) is 0 Å². The highest BCUT2D eigenvalue weighted by molar-refractivity contribution is 5.54. The van der Waals surface area contributed by atoms with Crippen molar-refractivity contribution in [3.05, 3.63) is 36.6 Å². The first-order valence-corrected chi connectivity index (χ1v) is 3.66. The number of aromatic nitrogens is 2. The summed E-state index contributed by atoms with van der Waals surface area (Å²) in [5.74, 6) is 0.628. The minimum atomic E-state index is 0.0684. The zero-order chi connectivity index (χ0) is 9.10. The highest BCUT2D eigenvalue weighted by Crippen LogP contribution is 2.17. The quantitative estimate of drug-likeness (QED) is 0.653. The Hall–Kier alpha value is -2.15. The molecule has 0 N–H and O–H groups in total. The molecule has 0 saturated heterocycles. The Bertz CT molecular complexity index is 441. The summed E-state index contributed by atoms with van der Waals surface area (Å²) in [5, 5.41) is 8.48. The van der Waals surface area contributed by atoms with Crippen LogP contribution in [0.4, 0.5) is 0 Å². The molecule has 0 radical (unpaired) electrons. The molecule has 0 aliphatic heterocycles. The maximum Gasteiger partial charge on any atom is 0.301 e. The monoisotopic (exact) mass is 171 g/mol. The first kappa shape index (κ1) is 7.50. The van der Waals surface area contributed by atoms with Crippen molar-refractivity contribution in [2.75, 3.05) is 0 Å². The Morgan fingerprint density at radius 1 is 1.38 bits per heavy atom. The summed E-state index contributed by atoms with van der Waals surface area (Å²) >= 11 is 0. The van der Waals surface area contributed by atoms with Crippen LogP contribution in [0.15, 0.2) is 35.1 Å². The van der Waals surface area contributed by atoms with E-state index in [1.807, 2.05) is 12.1 Å². The summed E-state index contributed by atoms with van der Waals surface area (Å²) in [5.41, 5.74) is 0.816. The van der Waals surface area contributed by atoms with Crippen LogP contribution in [0.3, 0.4) is 0 Å². The van der Waals surface area contributed by atoms with Crippen LogP contribution in [0.1, 0.15) is 5.89 Å². The summed E-state index contributed by atoms with van der Waals surface area (Å²) in [7, 11) is 0. The number of nitrogens with zero attached hydrogens (tertiary/aromatic N) is 3. The molecule has 0 amide bonds. The number of hydrogen-bond donors (Lipinski definition) is 0. The Labute approximate surface area is 74.5 Å². The number of oxazole rings is 1. The zero-order valence-corrected chi connectivity index (χ0v) is 6.64. The van der Waals surface area contributed by atoms with E-state index < -0.39 is 0 Å². The molecule has 2 rings (SSSR count).